The Morgan fingerprint density at radius 2 is 1.93 bits per heavy atom. The zero-order valence-electron chi connectivity index (χ0n) is 11.1. The number of likely N-dealkylation sites (tertiary alicyclic amines) is 1. The van der Waals surface area contributed by atoms with Gasteiger partial charge in [0.2, 0.25) is 0 Å². The molecule has 1 aliphatic heterocycles. The van der Waals surface area contributed by atoms with Crippen molar-refractivity contribution in [3.8, 4) is 0 Å². The molecule has 2 atom stereocenters. The van der Waals surface area contributed by atoms with E-state index in [0.29, 0.717) is 12.1 Å². The second kappa shape index (κ2) is 6.44. The molecule has 2 nitrogen and oxygen atoms in total. The van der Waals surface area contributed by atoms with E-state index in [9.17, 15) is 4.39 Å². The molecule has 0 spiro atoms. The second-order valence-corrected chi connectivity index (χ2v) is 4.78. The van der Waals surface area contributed by atoms with E-state index in [1.54, 1.807) is 0 Å². The van der Waals surface area contributed by atoms with Crippen molar-refractivity contribution in [2.24, 2.45) is 0 Å². The third kappa shape index (κ3) is 4.47. The molecule has 0 aromatic rings. The zero-order valence-corrected chi connectivity index (χ0v) is 11.1. The summed E-state index contributed by atoms with van der Waals surface area (Å²) in [5, 5.41) is 3.37. The quantitative estimate of drug-likeness (QED) is 0.783. The maximum atomic E-state index is 12.6. The number of alkyl halides is 1. The Kier molecular flexibility index (Phi) is 6.37. The summed E-state index contributed by atoms with van der Waals surface area (Å²) in [6, 6.07) is 0.960. The molecule has 0 aromatic heterocycles. The lowest BCUT2D eigenvalue weighted by Crippen LogP contribution is -2.51. The highest BCUT2D eigenvalue weighted by molar-refractivity contribution is 4.92. The topological polar surface area (TPSA) is 15.3 Å². The van der Waals surface area contributed by atoms with Crippen LogP contribution in [-0.2, 0) is 0 Å². The summed E-state index contributed by atoms with van der Waals surface area (Å²) >= 11 is 0. The first-order chi connectivity index (χ1) is 6.96. The van der Waals surface area contributed by atoms with Gasteiger partial charge in [-0.25, -0.2) is 4.39 Å². The lowest BCUT2D eigenvalue weighted by molar-refractivity contribution is 0.229. The van der Waals surface area contributed by atoms with Crippen LogP contribution in [0.4, 0.5) is 4.39 Å². The molecule has 1 aliphatic rings. The van der Waals surface area contributed by atoms with E-state index in [4.69, 9.17) is 0 Å². The maximum Gasteiger partial charge on any atom is 0.107 e. The summed E-state index contributed by atoms with van der Waals surface area (Å²) in [5.41, 5.74) is -0.371. The summed E-state index contributed by atoms with van der Waals surface area (Å²) in [7, 11) is 2.12. The van der Waals surface area contributed by atoms with Crippen LogP contribution in [0.5, 0.6) is 0 Å². The van der Waals surface area contributed by atoms with Crippen LogP contribution in [0, 0.1) is 0 Å². The highest BCUT2D eigenvalue weighted by Crippen LogP contribution is 2.18. The van der Waals surface area contributed by atoms with Gasteiger partial charge in [0.25, 0.3) is 0 Å². The predicted octanol–water partition coefficient (Wildman–Crippen LogP) is 2.44. The summed E-state index contributed by atoms with van der Waals surface area (Å²) in [6.07, 6.45) is 1.13. The van der Waals surface area contributed by atoms with Crippen molar-refractivity contribution in [2.75, 3.05) is 20.3 Å². The molecule has 92 valence electrons. The largest absolute Gasteiger partial charge is 0.305 e. The first kappa shape index (κ1) is 14.8. The molecule has 1 N–H and O–H groups in total. The predicted molar refractivity (Wildman–Crippen MR) is 65.0 cm³/mol. The van der Waals surface area contributed by atoms with E-state index in [2.05, 4.69) is 24.2 Å². The van der Waals surface area contributed by atoms with Crippen molar-refractivity contribution in [3.63, 3.8) is 0 Å². The van der Waals surface area contributed by atoms with Crippen LogP contribution in [-0.4, -0.2) is 42.8 Å². The molecule has 15 heavy (non-hydrogen) atoms. The standard InChI is InChI=1S/C10H21FN2.C2H6/c1-8-9(5-6-13(8)4)12-10(2,3)7-11;1-2/h8-9,12H,5-7H2,1-4H3;1-2H3. The van der Waals surface area contributed by atoms with Gasteiger partial charge in [-0.15, -0.1) is 0 Å². The molecule has 0 saturated carbocycles. The lowest BCUT2D eigenvalue weighted by Gasteiger charge is -2.30. The highest BCUT2D eigenvalue weighted by atomic mass is 19.1. The van der Waals surface area contributed by atoms with Gasteiger partial charge in [-0.05, 0) is 40.8 Å². The number of rotatable bonds is 3. The van der Waals surface area contributed by atoms with Crippen LogP contribution >= 0.6 is 0 Å². The van der Waals surface area contributed by atoms with Gasteiger partial charge in [0.05, 0.1) is 0 Å². The molecule has 1 heterocycles. The first-order valence-electron chi connectivity index (χ1n) is 6.00. The number of likely N-dealkylation sites (N-methyl/N-ethyl adjacent to an activating group) is 1. The first-order valence-corrected chi connectivity index (χ1v) is 6.00. The molecule has 0 aliphatic carbocycles. The van der Waals surface area contributed by atoms with Crippen molar-refractivity contribution in [1.82, 2.24) is 10.2 Å². The Labute approximate surface area is 94.2 Å². The molecule has 1 rings (SSSR count). The van der Waals surface area contributed by atoms with Gasteiger partial charge in [0, 0.05) is 17.6 Å². The molecule has 0 aromatic carbocycles. The fourth-order valence-corrected chi connectivity index (χ4v) is 1.83. The highest BCUT2D eigenvalue weighted by Gasteiger charge is 2.31. The fourth-order valence-electron chi connectivity index (χ4n) is 1.83. The van der Waals surface area contributed by atoms with Crippen molar-refractivity contribution in [1.29, 1.82) is 0 Å². The van der Waals surface area contributed by atoms with Gasteiger partial charge < -0.3 is 10.2 Å². The molecule has 3 heteroatoms. The third-order valence-electron chi connectivity index (χ3n) is 2.98. The van der Waals surface area contributed by atoms with Gasteiger partial charge in [-0.2, -0.15) is 0 Å². The van der Waals surface area contributed by atoms with Crippen LogP contribution in [0.25, 0.3) is 0 Å². The van der Waals surface area contributed by atoms with E-state index in [1.165, 1.54) is 0 Å². The molecule has 0 amide bonds. The summed E-state index contributed by atoms with van der Waals surface area (Å²) < 4.78 is 12.6. The normalized spacial score (nSPS) is 27.4. The number of halogens is 1. The molecule has 1 saturated heterocycles. The Morgan fingerprint density at radius 1 is 1.40 bits per heavy atom. The Balaban J connectivity index is 0.000000921. The van der Waals surface area contributed by atoms with E-state index < -0.39 is 0 Å². The van der Waals surface area contributed by atoms with Crippen LogP contribution in [0.15, 0.2) is 0 Å². The summed E-state index contributed by atoms with van der Waals surface area (Å²) in [5.74, 6) is 0. The Bertz CT molecular complexity index is 171. The molecular weight excluding hydrogens is 191 g/mol. The van der Waals surface area contributed by atoms with E-state index >= 15 is 0 Å². The minimum atomic E-state index is -0.371. The zero-order chi connectivity index (χ0) is 12.1. The minimum absolute atomic E-state index is 0.306. The number of nitrogens with zero attached hydrogens (tertiary/aromatic N) is 1. The number of hydrogen-bond donors (Lipinski definition) is 1. The van der Waals surface area contributed by atoms with Crippen LogP contribution < -0.4 is 5.32 Å². The molecule has 1 fully saturated rings. The SMILES string of the molecule is CC.CC1C(NC(C)(C)CF)CCN1C. The summed E-state index contributed by atoms with van der Waals surface area (Å²) in [6.45, 7) is 10.8. The van der Waals surface area contributed by atoms with Crippen LogP contribution in [0.1, 0.15) is 41.0 Å². The maximum absolute atomic E-state index is 12.6. The Hall–Kier alpha value is -0.150. The van der Waals surface area contributed by atoms with E-state index in [0.717, 1.165) is 13.0 Å². The average molecular weight is 218 g/mol. The van der Waals surface area contributed by atoms with Crippen LogP contribution in [0.3, 0.4) is 0 Å². The summed E-state index contributed by atoms with van der Waals surface area (Å²) in [4.78, 5) is 2.31. The van der Waals surface area contributed by atoms with E-state index in [1.807, 2.05) is 27.7 Å². The number of hydrogen-bond acceptors (Lipinski definition) is 2. The minimum Gasteiger partial charge on any atom is -0.305 e. The molecule has 0 bridgehead atoms. The van der Waals surface area contributed by atoms with E-state index in [-0.39, 0.29) is 12.2 Å². The monoisotopic (exact) mass is 218 g/mol. The third-order valence-corrected chi connectivity index (χ3v) is 2.98. The van der Waals surface area contributed by atoms with Crippen molar-refractivity contribution in [3.05, 3.63) is 0 Å². The van der Waals surface area contributed by atoms with Gasteiger partial charge in [-0.3, -0.25) is 0 Å². The van der Waals surface area contributed by atoms with Gasteiger partial charge in [0.1, 0.15) is 6.67 Å². The molecular formula is C12H27FN2. The van der Waals surface area contributed by atoms with Crippen molar-refractivity contribution in [2.45, 2.75) is 58.7 Å². The van der Waals surface area contributed by atoms with Crippen molar-refractivity contribution < 1.29 is 4.39 Å². The van der Waals surface area contributed by atoms with Gasteiger partial charge in [0.15, 0.2) is 0 Å². The second-order valence-electron chi connectivity index (χ2n) is 4.78. The fraction of sp³-hybridized carbons (Fsp3) is 1.00. The van der Waals surface area contributed by atoms with Crippen LogP contribution in [0.2, 0.25) is 0 Å². The van der Waals surface area contributed by atoms with Crippen molar-refractivity contribution >= 4 is 0 Å². The Morgan fingerprint density at radius 3 is 2.27 bits per heavy atom. The lowest BCUT2D eigenvalue weighted by atomic mass is 10.0. The average Bonchev–Trinajstić information content (AvgIpc) is 2.52. The van der Waals surface area contributed by atoms with Gasteiger partial charge >= 0.3 is 0 Å². The number of nitrogens with one attached hydrogen (secondary N) is 1. The molecule has 0 radical (unpaired) electrons. The molecule has 2 unspecified atom stereocenters. The van der Waals surface area contributed by atoms with Gasteiger partial charge in [-0.1, -0.05) is 13.8 Å². The smallest absolute Gasteiger partial charge is 0.107 e.